The molecular formula is C16H4F8. The highest BCUT2D eigenvalue weighted by Crippen LogP contribution is 2.43. The molecule has 0 saturated heterocycles. The summed E-state index contributed by atoms with van der Waals surface area (Å²) in [6.07, 6.45) is -3.55. The molecule has 0 radical (unpaired) electrons. The number of alkyl halides is 1. The van der Waals surface area contributed by atoms with E-state index in [9.17, 15) is 35.1 Å². The zero-order chi connectivity index (χ0) is 17.5. The lowest BCUT2D eigenvalue weighted by atomic mass is 9.87. The predicted molar refractivity (Wildman–Crippen MR) is 69.4 cm³/mol. The molecule has 0 fully saturated rings. The van der Waals surface area contributed by atoms with Crippen molar-refractivity contribution < 1.29 is 35.1 Å². The van der Waals surface area contributed by atoms with Crippen LogP contribution in [0.4, 0.5) is 35.1 Å². The molecule has 0 aliphatic heterocycles. The van der Waals surface area contributed by atoms with Crippen LogP contribution in [-0.4, -0.2) is 0 Å². The van der Waals surface area contributed by atoms with E-state index in [-0.39, 0.29) is 6.07 Å². The van der Waals surface area contributed by atoms with Gasteiger partial charge in [0.2, 0.25) is 0 Å². The second-order valence-corrected chi connectivity index (χ2v) is 5.46. The summed E-state index contributed by atoms with van der Waals surface area (Å²) in [5.74, 6) is -12.1. The first-order chi connectivity index (χ1) is 11.3. The SMILES string of the molecule is FC1=c2c(F)c(F)c3c(F)cc(F)c4c(F)c(F)c(c2c43)C(F)C1. The normalized spacial score (nSPS) is 17.3. The molecule has 3 aromatic rings. The van der Waals surface area contributed by atoms with Crippen LogP contribution in [0.5, 0.6) is 0 Å². The molecule has 8 heteroatoms. The van der Waals surface area contributed by atoms with Gasteiger partial charge >= 0.3 is 0 Å². The van der Waals surface area contributed by atoms with Crippen LogP contribution in [0.2, 0.25) is 0 Å². The van der Waals surface area contributed by atoms with Gasteiger partial charge in [0.15, 0.2) is 23.3 Å². The maximum atomic E-state index is 14.2. The molecule has 0 amide bonds. The van der Waals surface area contributed by atoms with E-state index in [1.165, 1.54) is 0 Å². The van der Waals surface area contributed by atoms with Crippen molar-refractivity contribution in [2.45, 2.75) is 12.6 Å². The lowest BCUT2D eigenvalue weighted by Gasteiger charge is -2.21. The first kappa shape index (κ1) is 15.2. The van der Waals surface area contributed by atoms with Crippen LogP contribution in [-0.2, 0) is 0 Å². The highest BCUT2D eigenvalue weighted by atomic mass is 19.2. The maximum absolute atomic E-state index is 14.2. The molecule has 0 N–H and O–H groups in total. The summed E-state index contributed by atoms with van der Waals surface area (Å²) >= 11 is 0. The quantitative estimate of drug-likeness (QED) is 0.500. The van der Waals surface area contributed by atoms with Gasteiger partial charge in [0.05, 0.1) is 16.0 Å². The zero-order valence-corrected chi connectivity index (χ0v) is 11.4. The smallest absolute Gasteiger partial charge is 0.170 e. The van der Waals surface area contributed by atoms with Gasteiger partial charge in [0.1, 0.15) is 23.6 Å². The van der Waals surface area contributed by atoms with Gasteiger partial charge in [-0.2, -0.15) is 0 Å². The molecule has 4 rings (SSSR count). The van der Waals surface area contributed by atoms with Crippen LogP contribution >= 0.6 is 0 Å². The number of hydrogen-bond acceptors (Lipinski definition) is 0. The summed E-state index contributed by atoms with van der Waals surface area (Å²) in [7, 11) is 0. The molecule has 0 aromatic heterocycles. The Morgan fingerprint density at radius 3 is 1.79 bits per heavy atom. The lowest BCUT2D eigenvalue weighted by Crippen LogP contribution is -2.23. The van der Waals surface area contributed by atoms with E-state index in [4.69, 9.17) is 0 Å². The van der Waals surface area contributed by atoms with Gasteiger partial charge in [-0.1, -0.05) is 0 Å². The van der Waals surface area contributed by atoms with E-state index in [1.54, 1.807) is 0 Å². The molecule has 1 aliphatic carbocycles. The third-order valence-electron chi connectivity index (χ3n) is 4.22. The van der Waals surface area contributed by atoms with E-state index in [0.717, 1.165) is 0 Å². The third kappa shape index (κ3) is 1.58. The summed E-state index contributed by atoms with van der Waals surface area (Å²) in [6.45, 7) is 0. The molecule has 1 atom stereocenters. The number of rotatable bonds is 0. The average Bonchev–Trinajstić information content (AvgIpc) is 2.49. The number of halogens is 8. The molecule has 24 heavy (non-hydrogen) atoms. The molecule has 124 valence electrons. The molecular weight excluding hydrogens is 344 g/mol. The monoisotopic (exact) mass is 348 g/mol. The Morgan fingerprint density at radius 1 is 0.667 bits per heavy atom. The van der Waals surface area contributed by atoms with Gasteiger partial charge in [0.25, 0.3) is 0 Å². The summed E-state index contributed by atoms with van der Waals surface area (Å²) < 4.78 is 113. The Kier molecular flexibility index (Phi) is 2.90. The van der Waals surface area contributed by atoms with Crippen molar-refractivity contribution in [1.29, 1.82) is 0 Å². The standard InChI is InChI=1S/C16H4F8/c17-3-1-4(18)8-11-7(3)13(21)15(23)9-5(19)2-6(20)10(12(9)11)16(24)14(8)22/h1,5H,2H2. The fourth-order valence-corrected chi connectivity index (χ4v) is 3.27. The second-order valence-electron chi connectivity index (χ2n) is 5.46. The Labute approximate surface area is 128 Å². The van der Waals surface area contributed by atoms with Crippen LogP contribution in [0.3, 0.4) is 0 Å². The van der Waals surface area contributed by atoms with Gasteiger partial charge in [-0.3, -0.25) is 0 Å². The minimum atomic E-state index is -2.41. The molecule has 3 aromatic carbocycles. The van der Waals surface area contributed by atoms with Crippen molar-refractivity contribution >= 4 is 27.4 Å². The van der Waals surface area contributed by atoms with Crippen LogP contribution in [0.15, 0.2) is 6.07 Å². The molecule has 1 aliphatic rings. The fraction of sp³-hybridized carbons (Fsp3) is 0.125. The highest BCUT2D eigenvalue weighted by molar-refractivity contribution is 6.13. The zero-order valence-electron chi connectivity index (χ0n) is 11.4. The summed E-state index contributed by atoms with van der Waals surface area (Å²) in [4.78, 5) is 0. The van der Waals surface area contributed by atoms with Crippen molar-refractivity contribution in [2.75, 3.05) is 0 Å². The molecule has 0 nitrogen and oxygen atoms in total. The Balaban J connectivity index is 2.55. The molecule has 0 saturated carbocycles. The molecule has 1 unspecified atom stereocenters. The van der Waals surface area contributed by atoms with Gasteiger partial charge in [-0.15, -0.1) is 0 Å². The van der Waals surface area contributed by atoms with Crippen LogP contribution in [0.1, 0.15) is 18.2 Å². The maximum Gasteiger partial charge on any atom is 0.170 e. The summed E-state index contributed by atoms with van der Waals surface area (Å²) in [5.41, 5.74) is -1.08. The fourth-order valence-electron chi connectivity index (χ4n) is 3.27. The molecule has 0 bridgehead atoms. The number of benzene rings is 3. The van der Waals surface area contributed by atoms with E-state index in [1.807, 2.05) is 0 Å². The summed E-state index contributed by atoms with van der Waals surface area (Å²) in [6, 6.07) is 0.0558. The van der Waals surface area contributed by atoms with E-state index in [2.05, 4.69) is 0 Å². The Morgan fingerprint density at radius 2 is 1.21 bits per heavy atom. The van der Waals surface area contributed by atoms with Crippen molar-refractivity contribution in [3.05, 3.63) is 51.8 Å². The average molecular weight is 348 g/mol. The predicted octanol–water partition coefficient (Wildman–Crippen LogP) is 5.04. The minimum absolute atomic E-state index is 0.0558. The van der Waals surface area contributed by atoms with Crippen LogP contribution < -0.4 is 5.22 Å². The van der Waals surface area contributed by atoms with Gasteiger partial charge in [-0.25, -0.2) is 35.1 Å². The van der Waals surface area contributed by atoms with Crippen molar-refractivity contribution in [1.82, 2.24) is 0 Å². The summed E-state index contributed by atoms with van der Waals surface area (Å²) in [5, 5.41) is -5.34. The first-order valence-electron chi connectivity index (χ1n) is 6.67. The molecule has 0 spiro atoms. The lowest BCUT2D eigenvalue weighted by molar-refractivity contribution is 0.324. The minimum Gasteiger partial charge on any atom is -0.242 e. The Hall–Kier alpha value is -2.38. The first-order valence-corrected chi connectivity index (χ1v) is 6.67. The Bertz CT molecular complexity index is 1090. The van der Waals surface area contributed by atoms with Crippen molar-refractivity contribution in [3.8, 4) is 0 Å². The van der Waals surface area contributed by atoms with Gasteiger partial charge < -0.3 is 0 Å². The van der Waals surface area contributed by atoms with E-state index < -0.39 is 85.6 Å². The number of hydrogen-bond donors (Lipinski definition) is 0. The highest BCUT2D eigenvalue weighted by Gasteiger charge is 2.35. The molecule has 0 heterocycles. The van der Waals surface area contributed by atoms with E-state index in [0.29, 0.717) is 0 Å². The van der Waals surface area contributed by atoms with Crippen molar-refractivity contribution in [2.24, 2.45) is 0 Å². The largest absolute Gasteiger partial charge is 0.242 e. The van der Waals surface area contributed by atoms with E-state index >= 15 is 0 Å². The van der Waals surface area contributed by atoms with Gasteiger partial charge in [-0.05, 0) is 0 Å². The topological polar surface area (TPSA) is 0 Å². The van der Waals surface area contributed by atoms with Crippen LogP contribution in [0.25, 0.3) is 27.4 Å². The van der Waals surface area contributed by atoms with Gasteiger partial charge in [0, 0.05) is 28.8 Å². The van der Waals surface area contributed by atoms with Crippen LogP contribution in [0, 0.1) is 34.9 Å². The van der Waals surface area contributed by atoms with Crippen molar-refractivity contribution in [3.63, 3.8) is 0 Å². The third-order valence-corrected chi connectivity index (χ3v) is 4.22. The second kappa shape index (κ2) is 4.58.